The van der Waals surface area contributed by atoms with Crippen molar-refractivity contribution in [2.24, 2.45) is 0 Å². The van der Waals surface area contributed by atoms with Gasteiger partial charge in [-0.15, -0.1) is 0 Å². The molecule has 0 aromatic carbocycles. The van der Waals surface area contributed by atoms with Gasteiger partial charge in [-0.1, -0.05) is 6.92 Å². The highest BCUT2D eigenvalue weighted by Gasteiger charge is 2.36. The van der Waals surface area contributed by atoms with Crippen LogP contribution in [-0.4, -0.2) is 14.5 Å². The second-order valence-electron chi connectivity index (χ2n) is 5.62. The van der Waals surface area contributed by atoms with Crippen LogP contribution in [-0.2, 0) is 6.18 Å². The molecule has 0 aliphatic carbocycles. The minimum atomic E-state index is -4.73. The van der Waals surface area contributed by atoms with Crippen molar-refractivity contribution in [3.05, 3.63) is 45.2 Å². The molecule has 0 aliphatic heterocycles. The number of aromatic amines is 1. The first-order valence-corrected chi connectivity index (χ1v) is 7.95. The zero-order valence-corrected chi connectivity index (χ0v) is 14.2. The average Bonchev–Trinajstić information content (AvgIpc) is 3.06. The van der Waals surface area contributed by atoms with Crippen LogP contribution >= 0.6 is 12.2 Å². The van der Waals surface area contributed by atoms with E-state index < -0.39 is 22.7 Å². The maximum atomic E-state index is 13.6. The van der Waals surface area contributed by atoms with E-state index in [4.69, 9.17) is 16.6 Å². The van der Waals surface area contributed by atoms with Crippen LogP contribution in [0.5, 0.6) is 0 Å². The number of nitrogens with one attached hydrogen (secondary N) is 1. The molecule has 1 N–H and O–H groups in total. The minimum Gasteiger partial charge on any atom is -0.463 e. The molecule has 3 aromatic heterocycles. The smallest absolute Gasteiger partial charge is 0.417 e. The molecule has 1 atom stereocenters. The number of H-pyrrole nitrogens is 1. The summed E-state index contributed by atoms with van der Waals surface area (Å²) < 4.78 is 47.4. The van der Waals surface area contributed by atoms with Crippen LogP contribution in [0.15, 0.2) is 33.7 Å². The Morgan fingerprint density at radius 2 is 2.16 bits per heavy atom. The lowest BCUT2D eigenvalue weighted by molar-refractivity contribution is -0.136. The van der Waals surface area contributed by atoms with Crippen LogP contribution in [0.4, 0.5) is 13.2 Å². The maximum Gasteiger partial charge on any atom is 0.417 e. The summed E-state index contributed by atoms with van der Waals surface area (Å²) in [5.74, 6) is 0.175. The Hall–Kier alpha value is -2.42. The Bertz CT molecular complexity index is 1040. The van der Waals surface area contributed by atoms with Crippen molar-refractivity contribution in [2.45, 2.75) is 32.5 Å². The Morgan fingerprint density at radius 3 is 2.72 bits per heavy atom. The minimum absolute atomic E-state index is 0.0121. The van der Waals surface area contributed by atoms with Crippen LogP contribution in [0, 0.1) is 4.77 Å². The molecule has 0 radical (unpaired) electrons. The molecule has 3 aromatic rings. The average molecular weight is 369 g/mol. The molecular weight excluding hydrogens is 355 g/mol. The number of aromatic nitrogens is 3. The Labute approximate surface area is 145 Å². The summed E-state index contributed by atoms with van der Waals surface area (Å²) in [6, 6.07) is 3.63. The van der Waals surface area contributed by atoms with Gasteiger partial charge in [-0.05, 0) is 43.8 Å². The zero-order valence-electron chi connectivity index (χ0n) is 13.3. The van der Waals surface area contributed by atoms with Gasteiger partial charge in [0.05, 0.1) is 17.2 Å². The second-order valence-corrected chi connectivity index (χ2v) is 6.00. The normalized spacial score (nSPS) is 13.3. The van der Waals surface area contributed by atoms with Crippen LogP contribution in [0.25, 0.3) is 22.5 Å². The third kappa shape index (κ3) is 2.99. The molecule has 1 unspecified atom stereocenters. The largest absolute Gasteiger partial charge is 0.463 e. The lowest BCUT2D eigenvalue weighted by Gasteiger charge is -2.19. The fourth-order valence-electron chi connectivity index (χ4n) is 2.61. The van der Waals surface area contributed by atoms with Crippen molar-refractivity contribution < 1.29 is 17.6 Å². The summed E-state index contributed by atoms with van der Waals surface area (Å²) >= 11 is 5.15. The molecule has 0 aliphatic rings. The molecule has 0 saturated heterocycles. The van der Waals surface area contributed by atoms with Crippen molar-refractivity contribution in [1.29, 1.82) is 0 Å². The van der Waals surface area contributed by atoms with Crippen molar-refractivity contribution in [3.63, 3.8) is 0 Å². The van der Waals surface area contributed by atoms with Gasteiger partial charge in [0.1, 0.15) is 11.3 Å². The number of hydrogen-bond acceptors (Lipinski definition) is 4. The lowest BCUT2D eigenvalue weighted by atomic mass is 10.1. The Balaban J connectivity index is 2.53. The lowest BCUT2D eigenvalue weighted by Crippen LogP contribution is -2.22. The van der Waals surface area contributed by atoms with E-state index in [1.54, 1.807) is 13.0 Å². The van der Waals surface area contributed by atoms with Crippen molar-refractivity contribution in [1.82, 2.24) is 14.5 Å². The summed E-state index contributed by atoms with van der Waals surface area (Å²) in [5, 5.41) is -0.531. The third-order valence-corrected chi connectivity index (χ3v) is 4.30. The maximum absolute atomic E-state index is 13.6. The molecule has 5 nitrogen and oxygen atoms in total. The van der Waals surface area contributed by atoms with Crippen LogP contribution in [0.1, 0.15) is 31.9 Å². The molecule has 0 amide bonds. The second kappa shape index (κ2) is 6.14. The summed E-state index contributed by atoms with van der Waals surface area (Å²) in [6.45, 7) is 3.66. The summed E-state index contributed by atoms with van der Waals surface area (Å²) in [6.07, 6.45) is -2.79. The summed E-state index contributed by atoms with van der Waals surface area (Å²) in [7, 11) is 0. The molecule has 0 spiro atoms. The number of furan rings is 1. The fourth-order valence-corrected chi connectivity index (χ4v) is 2.97. The number of rotatable bonds is 3. The van der Waals surface area contributed by atoms with E-state index >= 15 is 0 Å². The van der Waals surface area contributed by atoms with Crippen molar-refractivity contribution in [3.8, 4) is 11.5 Å². The first-order chi connectivity index (χ1) is 11.7. The predicted molar refractivity (Wildman–Crippen MR) is 88.9 cm³/mol. The van der Waals surface area contributed by atoms with E-state index in [1.165, 1.54) is 16.9 Å². The SMILES string of the molecule is CCC(C)n1c(=S)[nH]c(=O)c2c(C(F)(F)F)cc(-c3ccco3)nc21. The first-order valence-electron chi connectivity index (χ1n) is 7.54. The van der Waals surface area contributed by atoms with Gasteiger partial charge >= 0.3 is 6.18 Å². The van der Waals surface area contributed by atoms with Crippen molar-refractivity contribution >= 4 is 23.3 Å². The molecule has 9 heteroatoms. The third-order valence-electron chi connectivity index (χ3n) is 4.01. The highest BCUT2D eigenvalue weighted by Crippen LogP contribution is 2.36. The van der Waals surface area contributed by atoms with Crippen LogP contribution in [0.3, 0.4) is 0 Å². The van der Waals surface area contributed by atoms with Gasteiger partial charge in [-0.25, -0.2) is 4.98 Å². The molecule has 3 rings (SSSR count). The van der Waals surface area contributed by atoms with Gasteiger partial charge in [-0.2, -0.15) is 13.2 Å². The van der Waals surface area contributed by atoms with Gasteiger partial charge in [-0.3, -0.25) is 14.3 Å². The van der Waals surface area contributed by atoms with E-state index in [2.05, 4.69) is 9.97 Å². The van der Waals surface area contributed by atoms with Gasteiger partial charge in [0.25, 0.3) is 5.56 Å². The van der Waals surface area contributed by atoms with E-state index in [1.807, 2.05) is 6.92 Å². The standard InChI is InChI=1S/C16H14F3N3O2S/c1-3-8(2)22-13-12(14(23)21-15(22)25)9(16(17,18)19)7-10(20-13)11-5-4-6-24-11/h4-8H,3H2,1-2H3,(H,21,23,25). The number of halogens is 3. The van der Waals surface area contributed by atoms with E-state index in [-0.39, 0.29) is 27.9 Å². The van der Waals surface area contributed by atoms with E-state index in [0.29, 0.717) is 6.42 Å². The highest BCUT2D eigenvalue weighted by atomic mass is 32.1. The number of alkyl halides is 3. The Kier molecular flexibility index (Phi) is 4.28. The van der Waals surface area contributed by atoms with Crippen LogP contribution < -0.4 is 5.56 Å². The van der Waals surface area contributed by atoms with Gasteiger partial charge in [0.15, 0.2) is 10.5 Å². The topological polar surface area (TPSA) is 63.8 Å². The number of nitrogens with zero attached hydrogens (tertiary/aromatic N) is 2. The molecular formula is C16H14F3N3O2S. The van der Waals surface area contributed by atoms with Gasteiger partial charge < -0.3 is 4.42 Å². The monoisotopic (exact) mass is 369 g/mol. The summed E-state index contributed by atoms with van der Waals surface area (Å²) in [5.41, 5.74) is -2.10. The van der Waals surface area contributed by atoms with Gasteiger partial charge in [0, 0.05) is 6.04 Å². The van der Waals surface area contributed by atoms with Crippen molar-refractivity contribution in [2.75, 3.05) is 0 Å². The summed E-state index contributed by atoms with van der Waals surface area (Å²) in [4.78, 5) is 18.8. The van der Waals surface area contributed by atoms with Gasteiger partial charge in [0.2, 0.25) is 0 Å². The number of hydrogen-bond donors (Lipinski definition) is 1. The zero-order chi connectivity index (χ0) is 18.4. The quantitative estimate of drug-likeness (QED) is 0.680. The van der Waals surface area contributed by atoms with E-state index in [9.17, 15) is 18.0 Å². The molecule has 25 heavy (non-hydrogen) atoms. The molecule has 0 saturated carbocycles. The molecule has 0 fully saturated rings. The fraction of sp³-hybridized carbons (Fsp3) is 0.312. The predicted octanol–water partition coefficient (Wildman–Crippen LogP) is 4.70. The van der Waals surface area contributed by atoms with E-state index in [0.717, 1.165) is 6.07 Å². The molecule has 3 heterocycles. The molecule has 0 bridgehead atoms. The number of fused-ring (bicyclic) bond motifs is 1. The number of pyridine rings is 1. The van der Waals surface area contributed by atoms with Crippen LogP contribution in [0.2, 0.25) is 0 Å². The highest BCUT2D eigenvalue weighted by molar-refractivity contribution is 7.71. The molecule has 132 valence electrons. The Morgan fingerprint density at radius 1 is 1.44 bits per heavy atom. The first kappa shape index (κ1) is 17.4.